The largest absolute Gasteiger partial charge is 0.495 e. The van der Waals surface area contributed by atoms with Gasteiger partial charge in [0.25, 0.3) is 0 Å². The molecule has 0 saturated heterocycles. The molecular formula is C16H16BrNO3. The molecule has 0 fully saturated rings. The molecule has 2 aromatic carbocycles. The van der Waals surface area contributed by atoms with Crippen LogP contribution in [0.25, 0.3) is 0 Å². The summed E-state index contributed by atoms with van der Waals surface area (Å²) < 4.78 is 11.2. The molecule has 110 valence electrons. The molecule has 0 aliphatic heterocycles. The molecule has 0 unspecified atom stereocenters. The Hall–Kier alpha value is -2.01. The van der Waals surface area contributed by atoms with Crippen molar-refractivity contribution in [1.29, 1.82) is 0 Å². The highest BCUT2D eigenvalue weighted by Gasteiger charge is 2.20. The lowest BCUT2D eigenvalue weighted by molar-refractivity contribution is 0.103. The Labute approximate surface area is 132 Å². The summed E-state index contributed by atoms with van der Waals surface area (Å²) in [6.45, 7) is 1.90. The van der Waals surface area contributed by atoms with E-state index in [-0.39, 0.29) is 5.78 Å². The van der Waals surface area contributed by atoms with Crippen molar-refractivity contribution in [1.82, 2.24) is 0 Å². The van der Waals surface area contributed by atoms with E-state index in [1.807, 2.05) is 13.0 Å². The number of halogens is 1. The van der Waals surface area contributed by atoms with E-state index in [4.69, 9.17) is 15.2 Å². The van der Waals surface area contributed by atoms with Crippen molar-refractivity contribution in [2.75, 3.05) is 20.0 Å². The second kappa shape index (κ2) is 6.18. The van der Waals surface area contributed by atoms with Gasteiger partial charge in [0.15, 0.2) is 5.78 Å². The Kier molecular flexibility index (Phi) is 4.53. The van der Waals surface area contributed by atoms with Gasteiger partial charge in [-0.05, 0) is 58.7 Å². The summed E-state index contributed by atoms with van der Waals surface area (Å²) in [4.78, 5) is 12.7. The molecule has 2 N–H and O–H groups in total. The van der Waals surface area contributed by atoms with Crippen molar-refractivity contribution < 1.29 is 14.3 Å². The van der Waals surface area contributed by atoms with E-state index in [1.54, 1.807) is 31.4 Å². The number of hydrogen-bond donors (Lipinski definition) is 1. The number of ether oxygens (including phenoxy) is 2. The molecule has 0 amide bonds. The summed E-state index contributed by atoms with van der Waals surface area (Å²) in [7, 11) is 3.07. The lowest BCUT2D eigenvalue weighted by atomic mass is 10.00. The third kappa shape index (κ3) is 3.03. The Balaban J connectivity index is 2.55. The topological polar surface area (TPSA) is 61.5 Å². The number of methoxy groups -OCH3 is 2. The highest BCUT2D eigenvalue weighted by atomic mass is 79.9. The van der Waals surface area contributed by atoms with Crippen LogP contribution < -0.4 is 15.2 Å². The molecule has 0 saturated carbocycles. The number of nitrogens with two attached hydrogens (primary N) is 1. The normalized spacial score (nSPS) is 10.3. The average molecular weight is 350 g/mol. The van der Waals surface area contributed by atoms with Gasteiger partial charge in [-0.25, -0.2) is 0 Å². The molecule has 2 aromatic rings. The first kappa shape index (κ1) is 15.4. The third-order valence-corrected chi connectivity index (χ3v) is 3.84. The summed E-state index contributed by atoms with van der Waals surface area (Å²) in [6.07, 6.45) is 0. The number of benzene rings is 2. The smallest absolute Gasteiger partial charge is 0.196 e. The first-order valence-corrected chi connectivity index (χ1v) is 7.09. The first-order valence-electron chi connectivity index (χ1n) is 6.30. The van der Waals surface area contributed by atoms with E-state index < -0.39 is 0 Å². The highest BCUT2D eigenvalue weighted by Crippen LogP contribution is 2.38. The maximum absolute atomic E-state index is 12.7. The van der Waals surface area contributed by atoms with Crippen LogP contribution in [-0.2, 0) is 0 Å². The molecular weight excluding hydrogens is 334 g/mol. The van der Waals surface area contributed by atoms with Crippen molar-refractivity contribution >= 4 is 27.4 Å². The number of carbonyl (C=O) groups is 1. The van der Waals surface area contributed by atoms with E-state index in [1.165, 1.54) is 7.11 Å². The zero-order valence-corrected chi connectivity index (χ0v) is 13.7. The second-order valence-corrected chi connectivity index (χ2v) is 5.42. The Morgan fingerprint density at radius 1 is 1.14 bits per heavy atom. The Morgan fingerprint density at radius 2 is 1.86 bits per heavy atom. The lowest BCUT2D eigenvalue weighted by Gasteiger charge is -2.13. The lowest BCUT2D eigenvalue weighted by Crippen LogP contribution is -2.06. The molecule has 0 spiro atoms. The first-order chi connectivity index (χ1) is 9.97. The van der Waals surface area contributed by atoms with E-state index in [0.29, 0.717) is 32.8 Å². The Morgan fingerprint density at radius 3 is 2.43 bits per heavy atom. The zero-order valence-electron chi connectivity index (χ0n) is 12.1. The molecule has 0 bridgehead atoms. The van der Waals surface area contributed by atoms with Crippen molar-refractivity contribution in [3.05, 3.63) is 51.5 Å². The van der Waals surface area contributed by atoms with Crippen LogP contribution in [0.5, 0.6) is 11.5 Å². The van der Waals surface area contributed by atoms with Crippen molar-refractivity contribution in [2.45, 2.75) is 6.92 Å². The zero-order chi connectivity index (χ0) is 15.6. The van der Waals surface area contributed by atoms with Gasteiger partial charge in [-0.3, -0.25) is 4.79 Å². The summed E-state index contributed by atoms with van der Waals surface area (Å²) in [6, 6.07) is 8.68. The minimum absolute atomic E-state index is 0.148. The molecule has 0 radical (unpaired) electrons. The molecule has 0 aliphatic carbocycles. The SMILES string of the molecule is COc1ccc(C(=O)c2cc(C)cc(N)c2)c(OC)c1Br. The fourth-order valence-corrected chi connectivity index (χ4v) is 2.84. The van der Waals surface area contributed by atoms with Gasteiger partial charge < -0.3 is 15.2 Å². The van der Waals surface area contributed by atoms with Crippen LogP contribution in [0.2, 0.25) is 0 Å². The summed E-state index contributed by atoms with van der Waals surface area (Å²) in [5.74, 6) is 0.900. The highest BCUT2D eigenvalue weighted by molar-refractivity contribution is 9.10. The molecule has 0 aliphatic rings. The van der Waals surface area contributed by atoms with Crippen molar-refractivity contribution in [3.63, 3.8) is 0 Å². The number of hydrogen-bond acceptors (Lipinski definition) is 4. The van der Waals surface area contributed by atoms with Crippen LogP contribution in [0, 0.1) is 6.92 Å². The van der Waals surface area contributed by atoms with Crippen LogP contribution in [0.4, 0.5) is 5.69 Å². The van der Waals surface area contributed by atoms with Gasteiger partial charge in [0.1, 0.15) is 16.0 Å². The van der Waals surface area contributed by atoms with Crippen LogP contribution in [-0.4, -0.2) is 20.0 Å². The van der Waals surface area contributed by atoms with Gasteiger partial charge in [-0.2, -0.15) is 0 Å². The number of anilines is 1. The van der Waals surface area contributed by atoms with E-state index in [2.05, 4.69) is 15.9 Å². The number of ketones is 1. The van der Waals surface area contributed by atoms with Crippen LogP contribution in [0.15, 0.2) is 34.8 Å². The minimum atomic E-state index is -0.148. The standard InChI is InChI=1S/C16H16BrNO3/c1-9-6-10(8-11(18)7-9)15(19)12-4-5-13(20-2)14(17)16(12)21-3/h4-8H,18H2,1-3H3. The maximum Gasteiger partial charge on any atom is 0.196 e. The molecule has 0 heterocycles. The predicted molar refractivity (Wildman–Crippen MR) is 86.3 cm³/mol. The molecule has 21 heavy (non-hydrogen) atoms. The van der Waals surface area contributed by atoms with E-state index >= 15 is 0 Å². The maximum atomic E-state index is 12.7. The Bertz CT molecular complexity index is 678. The van der Waals surface area contributed by atoms with E-state index in [0.717, 1.165) is 5.56 Å². The quantitative estimate of drug-likeness (QED) is 0.676. The number of aryl methyl sites for hydroxylation is 1. The summed E-state index contributed by atoms with van der Waals surface area (Å²) >= 11 is 3.40. The van der Waals surface area contributed by atoms with Crippen molar-refractivity contribution in [2.24, 2.45) is 0 Å². The van der Waals surface area contributed by atoms with E-state index in [9.17, 15) is 4.79 Å². The van der Waals surface area contributed by atoms with Gasteiger partial charge in [0, 0.05) is 11.3 Å². The third-order valence-electron chi connectivity index (χ3n) is 3.09. The molecule has 0 atom stereocenters. The van der Waals surface area contributed by atoms with Gasteiger partial charge in [0.05, 0.1) is 19.8 Å². The molecule has 4 nitrogen and oxygen atoms in total. The van der Waals surface area contributed by atoms with Gasteiger partial charge in [-0.15, -0.1) is 0 Å². The number of carbonyl (C=O) groups excluding carboxylic acids is 1. The van der Waals surface area contributed by atoms with Crippen LogP contribution in [0.1, 0.15) is 21.5 Å². The van der Waals surface area contributed by atoms with Gasteiger partial charge in [-0.1, -0.05) is 0 Å². The number of rotatable bonds is 4. The molecule has 5 heteroatoms. The number of nitrogen functional groups attached to an aromatic ring is 1. The fourth-order valence-electron chi connectivity index (χ4n) is 2.17. The van der Waals surface area contributed by atoms with Crippen molar-refractivity contribution in [3.8, 4) is 11.5 Å². The van der Waals surface area contributed by atoms with Crippen LogP contribution >= 0.6 is 15.9 Å². The van der Waals surface area contributed by atoms with Gasteiger partial charge >= 0.3 is 0 Å². The van der Waals surface area contributed by atoms with Gasteiger partial charge in [0.2, 0.25) is 0 Å². The average Bonchev–Trinajstić information content (AvgIpc) is 2.45. The second-order valence-electron chi connectivity index (χ2n) is 4.62. The van der Waals surface area contributed by atoms with Crippen LogP contribution in [0.3, 0.4) is 0 Å². The molecule has 0 aromatic heterocycles. The molecule has 2 rings (SSSR count). The summed E-state index contributed by atoms with van der Waals surface area (Å²) in [5, 5.41) is 0. The monoisotopic (exact) mass is 349 g/mol. The summed E-state index contributed by atoms with van der Waals surface area (Å²) in [5.41, 5.74) is 8.29. The predicted octanol–water partition coefficient (Wildman–Crippen LogP) is 3.59. The fraction of sp³-hybridized carbons (Fsp3) is 0.188. The minimum Gasteiger partial charge on any atom is -0.495 e.